The summed E-state index contributed by atoms with van der Waals surface area (Å²) in [5, 5.41) is 3.85. The molecule has 118 valence electrons. The molecule has 0 saturated heterocycles. The molecule has 23 heavy (non-hydrogen) atoms. The molecule has 2 aromatic heterocycles. The average Bonchev–Trinajstić information content (AvgIpc) is 2.76. The monoisotopic (exact) mass is 339 g/mol. The highest BCUT2D eigenvalue weighted by Crippen LogP contribution is 2.29. The number of rotatable bonds is 1. The van der Waals surface area contributed by atoms with Gasteiger partial charge in [-0.15, -0.1) is 0 Å². The zero-order valence-electron chi connectivity index (χ0n) is 11.6. The van der Waals surface area contributed by atoms with Crippen LogP contribution in [0, 0.1) is 6.92 Å². The van der Waals surface area contributed by atoms with Gasteiger partial charge in [-0.2, -0.15) is 27.8 Å². The van der Waals surface area contributed by atoms with Gasteiger partial charge in [-0.3, -0.25) is 9.59 Å². The van der Waals surface area contributed by atoms with Crippen LogP contribution in [0.1, 0.15) is 16.8 Å². The number of nitrogens with zero attached hydrogens (tertiary/aromatic N) is 3. The van der Waals surface area contributed by atoms with E-state index in [1.807, 2.05) is 0 Å². The van der Waals surface area contributed by atoms with Crippen molar-refractivity contribution >= 4 is 22.4 Å². The molecule has 0 amide bonds. The third-order valence-corrected chi connectivity index (χ3v) is 4.04. The number of halogens is 3. The lowest BCUT2D eigenvalue weighted by Crippen LogP contribution is -2.27. The Labute approximate surface area is 130 Å². The minimum Gasteiger partial charge on any atom is -0.266 e. The first-order chi connectivity index (χ1) is 10.8. The number of hydrogen-bond acceptors (Lipinski definition) is 5. The molecule has 3 aromatic rings. The highest BCUT2D eigenvalue weighted by atomic mass is 32.1. The average molecular weight is 339 g/mol. The highest BCUT2D eigenvalue weighted by molar-refractivity contribution is 7.15. The molecule has 0 unspecified atom stereocenters. The molecule has 2 heterocycles. The van der Waals surface area contributed by atoms with Crippen molar-refractivity contribution in [3.8, 4) is 0 Å². The van der Waals surface area contributed by atoms with Crippen LogP contribution in [0.2, 0.25) is 0 Å². The van der Waals surface area contributed by atoms with E-state index in [1.165, 1.54) is 25.1 Å². The highest BCUT2D eigenvalue weighted by Gasteiger charge is 2.29. The Kier molecular flexibility index (Phi) is 3.52. The molecule has 0 radical (unpaired) electrons. The second-order valence-corrected chi connectivity index (χ2v) is 5.74. The molecule has 1 aromatic carbocycles. The Bertz CT molecular complexity index is 1050. The lowest BCUT2D eigenvalue weighted by molar-refractivity contribution is -0.137. The molecule has 0 aliphatic carbocycles. The van der Waals surface area contributed by atoms with E-state index in [9.17, 15) is 22.8 Å². The fourth-order valence-corrected chi connectivity index (χ4v) is 2.81. The molecule has 0 fully saturated rings. The molecule has 0 bridgehead atoms. The quantitative estimate of drug-likeness (QED) is 0.672. The van der Waals surface area contributed by atoms with E-state index in [0.29, 0.717) is 5.56 Å². The fourth-order valence-electron chi connectivity index (χ4n) is 1.91. The van der Waals surface area contributed by atoms with Crippen LogP contribution in [0.4, 0.5) is 13.2 Å². The van der Waals surface area contributed by atoms with E-state index in [0.717, 1.165) is 28.0 Å². The summed E-state index contributed by atoms with van der Waals surface area (Å²) >= 11 is 0.950. The smallest absolute Gasteiger partial charge is 0.266 e. The van der Waals surface area contributed by atoms with Crippen molar-refractivity contribution in [2.75, 3.05) is 0 Å². The maximum Gasteiger partial charge on any atom is 0.416 e. The lowest BCUT2D eigenvalue weighted by Gasteiger charge is -2.05. The predicted molar refractivity (Wildman–Crippen MR) is 78.4 cm³/mol. The summed E-state index contributed by atoms with van der Waals surface area (Å²) in [4.78, 5) is 27.5. The van der Waals surface area contributed by atoms with Crippen LogP contribution in [0.25, 0.3) is 11.0 Å². The van der Waals surface area contributed by atoms with Gasteiger partial charge in [0.1, 0.15) is 5.69 Å². The molecule has 9 heteroatoms. The van der Waals surface area contributed by atoms with Gasteiger partial charge in [-0.1, -0.05) is 23.5 Å². The van der Waals surface area contributed by atoms with Crippen molar-refractivity contribution in [2.24, 2.45) is 0 Å². The zero-order valence-corrected chi connectivity index (χ0v) is 12.4. The molecule has 0 spiro atoms. The molecule has 0 atom stereocenters. The largest absolute Gasteiger partial charge is 0.416 e. The topological polar surface area (TPSA) is 64.3 Å². The van der Waals surface area contributed by atoms with Gasteiger partial charge in [0.25, 0.3) is 11.1 Å². The number of aryl methyl sites for hydroxylation is 1. The van der Waals surface area contributed by atoms with Crippen molar-refractivity contribution in [1.82, 2.24) is 14.6 Å². The predicted octanol–water partition coefficient (Wildman–Crippen LogP) is 1.39. The number of benzene rings is 1. The zero-order chi connectivity index (χ0) is 16.8. The molecule has 5 nitrogen and oxygen atoms in total. The molecule has 0 saturated carbocycles. The van der Waals surface area contributed by atoms with Crippen molar-refractivity contribution < 1.29 is 13.2 Å². The van der Waals surface area contributed by atoms with Crippen molar-refractivity contribution in [3.63, 3.8) is 0 Å². The van der Waals surface area contributed by atoms with Crippen LogP contribution in [0.5, 0.6) is 0 Å². The number of aromatic nitrogens is 3. The fraction of sp³-hybridized carbons (Fsp3) is 0.143. The van der Waals surface area contributed by atoms with Gasteiger partial charge in [-0.05, 0) is 30.7 Å². The molecule has 3 rings (SSSR count). The summed E-state index contributed by atoms with van der Waals surface area (Å²) in [5.74, 6) is 0. The normalized spacial score (nSPS) is 13.0. The Balaban J connectivity index is 2.13. The van der Waals surface area contributed by atoms with Crippen molar-refractivity contribution in [2.45, 2.75) is 13.1 Å². The van der Waals surface area contributed by atoms with Gasteiger partial charge in [0.05, 0.1) is 10.1 Å². The molecule has 0 aliphatic rings. The van der Waals surface area contributed by atoms with Crippen LogP contribution in [-0.2, 0) is 6.18 Å². The van der Waals surface area contributed by atoms with Crippen LogP contribution in [0.15, 0.2) is 33.9 Å². The summed E-state index contributed by atoms with van der Waals surface area (Å²) in [7, 11) is 0. The molecular formula is C14H8F3N3O2S. The summed E-state index contributed by atoms with van der Waals surface area (Å²) in [5.41, 5.74) is -1.23. The Hall–Kier alpha value is -2.55. The number of thiazole rings is 1. The van der Waals surface area contributed by atoms with Crippen LogP contribution in [-0.4, -0.2) is 14.6 Å². The van der Waals surface area contributed by atoms with Crippen LogP contribution < -0.4 is 15.7 Å². The van der Waals surface area contributed by atoms with Crippen molar-refractivity contribution in [3.05, 3.63) is 66.3 Å². The van der Waals surface area contributed by atoms with E-state index in [1.54, 1.807) is 0 Å². The maximum atomic E-state index is 12.5. The van der Waals surface area contributed by atoms with E-state index in [2.05, 4.69) is 10.1 Å². The van der Waals surface area contributed by atoms with Crippen molar-refractivity contribution in [1.29, 1.82) is 0 Å². The first kappa shape index (κ1) is 15.3. The molecule has 0 aliphatic heterocycles. The summed E-state index contributed by atoms with van der Waals surface area (Å²) in [6.45, 7) is 1.44. The van der Waals surface area contributed by atoms with Crippen LogP contribution >= 0.6 is 11.3 Å². The standard InChI is InChI=1S/C14H8F3N3O2S/c1-7-11(21)18-13-20(19-7)12(22)10(23-13)6-8-2-4-9(5-3-8)14(15,16)17/h2-6H,1H3/b10-6-. The SMILES string of the molecule is Cc1nn2c(=O)/c(=C/c3ccc(C(F)(F)F)cc3)sc2nc1=O. The minimum atomic E-state index is -4.41. The van der Waals surface area contributed by atoms with E-state index >= 15 is 0 Å². The second kappa shape index (κ2) is 5.27. The van der Waals surface area contributed by atoms with Gasteiger partial charge in [0, 0.05) is 0 Å². The number of fused-ring (bicyclic) bond motifs is 1. The van der Waals surface area contributed by atoms with Gasteiger partial charge in [-0.25, -0.2) is 0 Å². The van der Waals surface area contributed by atoms with Gasteiger partial charge >= 0.3 is 6.18 Å². The third-order valence-electron chi connectivity index (χ3n) is 3.08. The van der Waals surface area contributed by atoms with Crippen LogP contribution in [0.3, 0.4) is 0 Å². The third kappa shape index (κ3) is 2.87. The second-order valence-electron chi connectivity index (χ2n) is 4.73. The van der Waals surface area contributed by atoms with Gasteiger partial charge in [0.15, 0.2) is 0 Å². The minimum absolute atomic E-state index is 0.0958. The lowest BCUT2D eigenvalue weighted by atomic mass is 10.1. The maximum absolute atomic E-state index is 12.5. The Morgan fingerprint density at radius 2 is 1.83 bits per heavy atom. The van der Waals surface area contributed by atoms with E-state index in [4.69, 9.17) is 0 Å². The van der Waals surface area contributed by atoms with E-state index < -0.39 is 22.9 Å². The first-order valence-electron chi connectivity index (χ1n) is 6.35. The first-order valence-corrected chi connectivity index (χ1v) is 7.17. The summed E-state index contributed by atoms with van der Waals surface area (Å²) < 4.78 is 38.8. The summed E-state index contributed by atoms with van der Waals surface area (Å²) in [6.07, 6.45) is -2.98. The molecule has 0 N–H and O–H groups in total. The summed E-state index contributed by atoms with van der Waals surface area (Å²) in [6, 6.07) is 4.41. The van der Waals surface area contributed by atoms with E-state index in [-0.39, 0.29) is 15.2 Å². The Morgan fingerprint density at radius 3 is 2.43 bits per heavy atom. The number of alkyl halides is 3. The number of hydrogen-bond donors (Lipinski definition) is 0. The van der Waals surface area contributed by atoms with Gasteiger partial charge in [0.2, 0.25) is 4.96 Å². The molecular weight excluding hydrogens is 331 g/mol. The Morgan fingerprint density at radius 1 is 1.17 bits per heavy atom. The van der Waals surface area contributed by atoms with Gasteiger partial charge < -0.3 is 0 Å².